The number of ether oxygens (including phenoxy) is 1. The Labute approximate surface area is 175 Å². The predicted octanol–water partition coefficient (Wildman–Crippen LogP) is 5.84. The molecule has 0 aliphatic carbocycles. The van der Waals surface area contributed by atoms with Crippen molar-refractivity contribution in [1.82, 2.24) is 19.9 Å². The maximum absolute atomic E-state index is 5.07. The molecule has 0 radical (unpaired) electrons. The predicted molar refractivity (Wildman–Crippen MR) is 124 cm³/mol. The number of fused-ring (bicyclic) bond motifs is 8. The minimum absolute atomic E-state index is 0.939. The monoisotopic (exact) mass is 396 g/mol. The van der Waals surface area contributed by atoms with E-state index in [0.717, 1.165) is 58.1 Å². The Hall–Kier alpha value is -3.44. The Morgan fingerprint density at radius 3 is 1.17 bits per heavy atom. The van der Waals surface area contributed by atoms with E-state index in [1.54, 1.807) is 0 Å². The quantitative estimate of drug-likeness (QED) is 0.345. The number of nitrogens with zero attached hydrogens (tertiary/aromatic N) is 2. The van der Waals surface area contributed by atoms with Gasteiger partial charge in [0.1, 0.15) is 0 Å². The van der Waals surface area contributed by atoms with Gasteiger partial charge in [0.2, 0.25) is 0 Å². The van der Waals surface area contributed by atoms with Crippen LogP contribution in [0, 0.1) is 0 Å². The second kappa shape index (κ2) is 8.51. The molecule has 0 saturated carbocycles. The molecular weight excluding hydrogens is 372 g/mol. The van der Waals surface area contributed by atoms with Gasteiger partial charge in [0.25, 0.3) is 0 Å². The van der Waals surface area contributed by atoms with Gasteiger partial charge in [0, 0.05) is 35.3 Å². The highest BCUT2D eigenvalue weighted by Gasteiger charge is 2.01. The number of aromatic amines is 2. The zero-order valence-corrected chi connectivity index (χ0v) is 16.8. The molecule has 3 aromatic heterocycles. The first-order chi connectivity index (χ1) is 14.8. The number of aromatic nitrogens is 4. The van der Waals surface area contributed by atoms with Crippen molar-refractivity contribution in [3.05, 3.63) is 71.3 Å². The van der Waals surface area contributed by atoms with Crippen LogP contribution in [0.3, 0.4) is 0 Å². The summed E-state index contributed by atoms with van der Waals surface area (Å²) in [5, 5.41) is 0. The number of H-pyrrole nitrogens is 2. The first-order valence-electron chi connectivity index (χ1n) is 10.4. The standard InChI is InChI=1S/C20H14N4.C5H10O/c1-2-14-10-16-5-6-18(23-16)12-20-8-7-19(24-20)11-17-4-3-15(22-17)9-13(1)21-14;1-2-4-6-5-3-1/h1-12,21,24H;1-5H2. The molecule has 6 rings (SSSR count). The van der Waals surface area contributed by atoms with Crippen molar-refractivity contribution in [2.75, 3.05) is 13.2 Å². The van der Waals surface area contributed by atoms with E-state index in [4.69, 9.17) is 4.74 Å². The van der Waals surface area contributed by atoms with Crippen molar-refractivity contribution >= 4 is 46.4 Å². The smallest absolute Gasteiger partial charge is 0.0658 e. The molecular formula is C25H24N4O. The summed E-state index contributed by atoms with van der Waals surface area (Å²) >= 11 is 0. The van der Waals surface area contributed by atoms with Gasteiger partial charge in [-0.15, -0.1) is 0 Å². The minimum Gasteiger partial charge on any atom is -0.381 e. The SMILES string of the molecule is C1=Cc2cc3ccc(cc4nc(cc5ccc(cc1n2)[nH]5)C=C4)[nH]3.C1CCOCC1. The molecule has 5 heteroatoms. The zero-order chi connectivity index (χ0) is 20.2. The first kappa shape index (κ1) is 18.6. The van der Waals surface area contributed by atoms with Crippen LogP contribution >= 0.6 is 0 Å². The zero-order valence-electron chi connectivity index (χ0n) is 16.8. The highest BCUT2D eigenvalue weighted by atomic mass is 16.5. The number of nitrogens with one attached hydrogen (secondary N) is 2. The van der Waals surface area contributed by atoms with Crippen molar-refractivity contribution in [2.24, 2.45) is 0 Å². The molecule has 0 spiro atoms. The van der Waals surface area contributed by atoms with E-state index in [9.17, 15) is 0 Å². The molecule has 1 saturated heterocycles. The van der Waals surface area contributed by atoms with Gasteiger partial charge in [-0.25, -0.2) is 9.97 Å². The number of hydrogen-bond acceptors (Lipinski definition) is 3. The van der Waals surface area contributed by atoms with Crippen LogP contribution in [0.25, 0.3) is 46.4 Å². The highest BCUT2D eigenvalue weighted by molar-refractivity contribution is 5.77. The maximum atomic E-state index is 5.07. The van der Waals surface area contributed by atoms with Gasteiger partial charge in [-0.1, -0.05) is 0 Å². The fourth-order valence-corrected chi connectivity index (χ4v) is 3.63. The van der Waals surface area contributed by atoms with Gasteiger partial charge in [0.15, 0.2) is 0 Å². The van der Waals surface area contributed by atoms with Crippen LogP contribution in [-0.2, 0) is 4.74 Å². The second-order valence-corrected chi connectivity index (χ2v) is 7.58. The van der Waals surface area contributed by atoms with Crippen molar-refractivity contribution in [1.29, 1.82) is 0 Å². The van der Waals surface area contributed by atoms with Crippen molar-refractivity contribution in [3.63, 3.8) is 0 Å². The number of hydrogen-bond donors (Lipinski definition) is 2. The van der Waals surface area contributed by atoms with Crippen LogP contribution in [0.4, 0.5) is 0 Å². The van der Waals surface area contributed by atoms with Crippen molar-refractivity contribution in [2.45, 2.75) is 19.3 Å². The summed E-state index contributed by atoms with van der Waals surface area (Å²) in [6.45, 7) is 2.00. The Bertz CT molecular complexity index is 1070. The molecule has 2 N–H and O–H groups in total. The van der Waals surface area contributed by atoms with Gasteiger partial charge < -0.3 is 14.7 Å². The molecule has 3 aliphatic rings. The summed E-state index contributed by atoms with van der Waals surface area (Å²) in [7, 11) is 0. The van der Waals surface area contributed by atoms with Crippen LogP contribution in [0.2, 0.25) is 0 Å². The van der Waals surface area contributed by atoms with E-state index in [1.807, 2.05) is 48.6 Å². The molecule has 3 aromatic rings. The lowest BCUT2D eigenvalue weighted by Gasteiger charge is -2.08. The Morgan fingerprint density at radius 1 is 0.533 bits per heavy atom. The molecule has 0 unspecified atom stereocenters. The summed E-state index contributed by atoms with van der Waals surface area (Å²) < 4.78 is 5.07. The third kappa shape index (κ3) is 4.58. The summed E-state index contributed by atoms with van der Waals surface area (Å²) in [6, 6.07) is 16.4. The Balaban J connectivity index is 0.000000279. The molecule has 5 nitrogen and oxygen atoms in total. The van der Waals surface area contributed by atoms with E-state index < -0.39 is 0 Å². The van der Waals surface area contributed by atoms with Crippen LogP contribution in [0.15, 0.2) is 48.5 Å². The molecule has 0 aromatic carbocycles. The van der Waals surface area contributed by atoms with E-state index in [-0.39, 0.29) is 0 Å². The third-order valence-corrected chi connectivity index (χ3v) is 5.12. The molecule has 3 aliphatic heterocycles. The van der Waals surface area contributed by atoms with Crippen LogP contribution in [0.1, 0.15) is 42.0 Å². The van der Waals surface area contributed by atoms with E-state index >= 15 is 0 Å². The molecule has 1 fully saturated rings. The summed E-state index contributed by atoms with van der Waals surface area (Å²) in [4.78, 5) is 16.0. The fraction of sp³-hybridized carbons (Fsp3) is 0.200. The van der Waals surface area contributed by atoms with Gasteiger partial charge in [-0.05, 0) is 92.1 Å². The largest absolute Gasteiger partial charge is 0.381 e. The maximum Gasteiger partial charge on any atom is 0.0658 e. The van der Waals surface area contributed by atoms with E-state index in [1.165, 1.54) is 19.3 Å². The van der Waals surface area contributed by atoms with Crippen molar-refractivity contribution in [3.8, 4) is 0 Å². The Morgan fingerprint density at radius 2 is 0.900 bits per heavy atom. The van der Waals surface area contributed by atoms with Crippen LogP contribution in [-0.4, -0.2) is 33.1 Å². The van der Waals surface area contributed by atoms with Crippen molar-refractivity contribution < 1.29 is 4.74 Å². The lowest BCUT2D eigenvalue weighted by molar-refractivity contribution is 0.0968. The average Bonchev–Trinajstić information content (AvgIpc) is 3.56. The fourth-order valence-electron chi connectivity index (χ4n) is 3.63. The van der Waals surface area contributed by atoms with E-state index in [2.05, 4.69) is 44.2 Å². The van der Waals surface area contributed by atoms with Gasteiger partial charge in [-0.3, -0.25) is 0 Å². The molecule has 6 heterocycles. The highest BCUT2D eigenvalue weighted by Crippen LogP contribution is 2.16. The number of rotatable bonds is 0. The lowest BCUT2D eigenvalue weighted by Crippen LogP contribution is -2.03. The second-order valence-electron chi connectivity index (χ2n) is 7.58. The summed E-state index contributed by atoms with van der Waals surface area (Å²) in [5.74, 6) is 0. The average molecular weight is 396 g/mol. The minimum atomic E-state index is 0.939. The van der Waals surface area contributed by atoms with Gasteiger partial charge >= 0.3 is 0 Å². The molecule has 8 bridgehead atoms. The van der Waals surface area contributed by atoms with Crippen LogP contribution < -0.4 is 0 Å². The van der Waals surface area contributed by atoms with E-state index in [0.29, 0.717) is 0 Å². The normalized spacial score (nSPS) is 14.9. The molecule has 0 amide bonds. The van der Waals surface area contributed by atoms with Gasteiger partial charge in [-0.2, -0.15) is 0 Å². The van der Waals surface area contributed by atoms with Gasteiger partial charge in [0.05, 0.1) is 22.8 Å². The Kier molecular flexibility index (Phi) is 5.27. The lowest BCUT2D eigenvalue weighted by atomic mass is 10.2. The summed E-state index contributed by atoms with van der Waals surface area (Å²) in [5.41, 5.74) is 7.86. The molecule has 0 atom stereocenters. The molecule has 150 valence electrons. The topological polar surface area (TPSA) is 66.6 Å². The summed E-state index contributed by atoms with van der Waals surface area (Å²) in [6.07, 6.45) is 12.0. The molecule has 30 heavy (non-hydrogen) atoms. The van der Waals surface area contributed by atoms with Crippen LogP contribution in [0.5, 0.6) is 0 Å². The third-order valence-electron chi connectivity index (χ3n) is 5.12. The first-order valence-corrected chi connectivity index (χ1v) is 10.4.